The van der Waals surface area contributed by atoms with E-state index in [1.165, 1.54) is 0 Å². The Labute approximate surface area is 103 Å². The number of rotatable bonds is 7. The third-order valence-electron chi connectivity index (χ3n) is 2.76. The lowest BCUT2D eigenvalue weighted by molar-refractivity contribution is 0.0517. The van der Waals surface area contributed by atoms with Crippen LogP contribution < -0.4 is 11.1 Å². The number of nitrogens with one attached hydrogen (secondary N) is 1. The van der Waals surface area contributed by atoms with E-state index in [1.54, 1.807) is 6.20 Å². The van der Waals surface area contributed by atoms with E-state index in [-0.39, 0.29) is 0 Å². The lowest BCUT2D eigenvalue weighted by Gasteiger charge is -2.24. The summed E-state index contributed by atoms with van der Waals surface area (Å²) in [7, 11) is 0. The van der Waals surface area contributed by atoms with Gasteiger partial charge in [0.05, 0.1) is 5.60 Å². The Bertz CT molecular complexity index is 339. The second kappa shape index (κ2) is 6.57. The molecule has 0 aliphatic heterocycles. The number of nitrogens with zero attached hydrogens (tertiary/aromatic N) is 1. The minimum atomic E-state index is -0.738. The maximum absolute atomic E-state index is 10.3. The second-order valence-electron chi connectivity index (χ2n) is 4.72. The molecule has 0 saturated heterocycles. The molecule has 1 aromatic rings. The average molecular weight is 237 g/mol. The van der Waals surface area contributed by atoms with Crippen LogP contribution in [0.1, 0.15) is 32.3 Å². The monoisotopic (exact) mass is 237 g/mol. The topological polar surface area (TPSA) is 71.2 Å². The first-order valence-electron chi connectivity index (χ1n) is 6.17. The Morgan fingerprint density at radius 2 is 2.24 bits per heavy atom. The Morgan fingerprint density at radius 1 is 1.47 bits per heavy atom. The van der Waals surface area contributed by atoms with Crippen molar-refractivity contribution in [3.63, 3.8) is 0 Å². The number of nitrogens with two attached hydrogens (primary N) is 1. The summed E-state index contributed by atoms with van der Waals surface area (Å²) in [5.41, 5.74) is 5.94. The van der Waals surface area contributed by atoms with Crippen molar-refractivity contribution in [3.8, 4) is 0 Å². The summed E-state index contributed by atoms with van der Waals surface area (Å²) in [5.74, 6) is 0.509. The van der Waals surface area contributed by atoms with Gasteiger partial charge in [0.25, 0.3) is 0 Å². The van der Waals surface area contributed by atoms with Crippen molar-refractivity contribution in [2.24, 2.45) is 0 Å². The average Bonchev–Trinajstić information content (AvgIpc) is 2.28. The summed E-state index contributed by atoms with van der Waals surface area (Å²) >= 11 is 0. The van der Waals surface area contributed by atoms with Crippen LogP contribution in [0, 0.1) is 0 Å². The van der Waals surface area contributed by atoms with Gasteiger partial charge in [0.1, 0.15) is 5.82 Å². The van der Waals surface area contributed by atoms with Crippen LogP contribution in [0.25, 0.3) is 0 Å². The zero-order valence-corrected chi connectivity index (χ0v) is 10.7. The molecule has 0 bridgehead atoms. The van der Waals surface area contributed by atoms with Crippen LogP contribution in [0.15, 0.2) is 18.3 Å². The van der Waals surface area contributed by atoms with Crippen LogP contribution in [-0.4, -0.2) is 28.8 Å². The van der Waals surface area contributed by atoms with Gasteiger partial charge in [-0.2, -0.15) is 0 Å². The molecular weight excluding hydrogens is 214 g/mol. The largest absolute Gasteiger partial charge is 0.390 e. The quantitative estimate of drug-likeness (QED) is 0.626. The van der Waals surface area contributed by atoms with Crippen LogP contribution in [0.3, 0.4) is 0 Å². The molecule has 0 aliphatic rings. The van der Waals surface area contributed by atoms with Gasteiger partial charge < -0.3 is 16.2 Å². The van der Waals surface area contributed by atoms with E-state index in [9.17, 15) is 5.11 Å². The van der Waals surface area contributed by atoms with E-state index in [1.807, 2.05) is 19.1 Å². The van der Waals surface area contributed by atoms with E-state index in [2.05, 4.69) is 17.2 Å². The minimum absolute atomic E-state index is 0.509. The lowest BCUT2D eigenvalue weighted by Crippen LogP contribution is -2.32. The molecule has 0 aromatic carbocycles. The minimum Gasteiger partial charge on any atom is -0.390 e. The van der Waals surface area contributed by atoms with Gasteiger partial charge in [0.2, 0.25) is 0 Å². The molecule has 17 heavy (non-hydrogen) atoms. The van der Waals surface area contributed by atoms with Gasteiger partial charge in [-0.3, -0.25) is 0 Å². The summed E-state index contributed by atoms with van der Waals surface area (Å²) in [5, 5.41) is 13.6. The summed E-state index contributed by atoms with van der Waals surface area (Å²) in [6.45, 7) is 5.78. The van der Waals surface area contributed by atoms with Crippen molar-refractivity contribution in [2.75, 3.05) is 18.8 Å². The maximum Gasteiger partial charge on any atom is 0.126 e. The van der Waals surface area contributed by atoms with Crippen molar-refractivity contribution in [1.29, 1.82) is 0 Å². The van der Waals surface area contributed by atoms with Gasteiger partial charge in [-0.15, -0.1) is 0 Å². The van der Waals surface area contributed by atoms with E-state index < -0.39 is 5.60 Å². The molecule has 0 spiro atoms. The van der Waals surface area contributed by atoms with Gasteiger partial charge in [-0.1, -0.05) is 13.0 Å². The molecule has 1 rings (SSSR count). The zero-order chi connectivity index (χ0) is 12.7. The molecule has 1 aromatic heterocycles. The van der Waals surface area contributed by atoms with Gasteiger partial charge in [-0.25, -0.2) is 4.98 Å². The highest BCUT2D eigenvalue weighted by Gasteiger charge is 2.21. The maximum atomic E-state index is 10.3. The summed E-state index contributed by atoms with van der Waals surface area (Å²) < 4.78 is 0. The highest BCUT2D eigenvalue weighted by molar-refractivity contribution is 5.39. The van der Waals surface area contributed by atoms with Gasteiger partial charge in [0, 0.05) is 12.6 Å². The first-order valence-corrected chi connectivity index (χ1v) is 6.17. The van der Waals surface area contributed by atoms with Gasteiger partial charge in [-0.05, 0) is 44.5 Å². The van der Waals surface area contributed by atoms with E-state index in [4.69, 9.17) is 5.73 Å². The predicted molar refractivity (Wildman–Crippen MR) is 70.8 cm³/mol. The Hall–Kier alpha value is -1.13. The van der Waals surface area contributed by atoms with Crippen molar-refractivity contribution < 1.29 is 5.11 Å². The van der Waals surface area contributed by atoms with Crippen LogP contribution in [0.4, 0.5) is 5.82 Å². The molecule has 96 valence electrons. The number of nitrogen functional groups attached to an aromatic ring is 1. The molecule has 4 heteroatoms. The molecule has 0 amide bonds. The summed E-state index contributed by atoms with van der Waals surface area (Å²) in [4.78, 5) is 4.02. The molecule has 1 heterocycles. The molecule has 0 saturated carbocycles. The SMILES string of the molecule is CCCNCCC(C)(O)Cc1cccnc1N. The fraction of sp³-hybridized carbons (Fsp3) is 0.615. The van der Waals surface area contributed by atoms with Crippen LogP contribution in [0.5, 0.6) is 0 Å². The van der Waals surface area contributed by atoms with E-state index >= 15 is 0 Å². The smallest absolute Gasteiger partial charge is 0.126 e. The van der Waals surface area contributed by atoms with Crippen LogP contribution in [-0.2, 0) is 6.42 Å². The van der Waals surface area contributed by atoms with Crippen molar-refractivity contribution in [3.05, 3.63) is 23.9 Å². The van der Waals surface area contributed by atoms with E-state index in [0.717, 1.165) is 25.1 Å². The molecule has 0 fully saturated rings. The number of hydrogen-bond donors (Lipinski definition) is 3. The number of anilines is 1. The normalized spacial score (nSPS) is 14.5. The Kier molecular flexibility index (Phi) is 5.38. The Morgan fingerprint density at radius 3 is 2.88 bits per heavy atom. The third-order valence-corrected chi connectivity index (χ3v) is 2.76. The fourth-order valence-electron chi connectivity index (χ4n) is 1.76. The van der Waals surface area contributed by atoms with Gasteiger partial charge >= 0.3 is 0 Å². The highest BCUT2D eigenvalue weighted by atomic mass is 16.3. The van der Waals surface area contributed by atoms with Crippen LogP contribution >= 0.6 is 0 Å². The van der Waals surface area contributed by atoms with Crippen LogP contribution in [0.2, 0.25) is 0 Å². The fourth-order valence-corrected chi connectivity index (χ4v) is 1.76. The lowest BCUT2D eigenvalue weighted by atomic mass is 9.93. The first kappa shape index (κ1) is 13.9. The molecule has 4 nitrogen and oxygen atoms in total. The Balaban J connectivity index is 2.46. The highest BCUT2D eigenvalue weighted by Crippen LogP contribution is 2.19. The van der Waals surface area contributed by atoms with Gasteiger partial charge in [0.15, 0.2) is 0 Å². The summed E-state index contributed by atoms with van der Waals surface area (Å²) in [6.07, 6.45) is 4.02. The third kappa shape index (κ3) is 5.15. The number of hydrogen-bond acceptors (Lipinski definition) is 4. The number of aliphatic hydroxyl groups is 1. The molecule has 1 atom stereocenters. The molecule has 4 N–H and O–H groups in total. The number of aromatic nitrogens is 1. The van der Waals surface area contributed by atoms with E-state index in [0.29, 0.717) is 18.7 Å². The van der Waals surface area contributed by atoms with Crippen molar-refractivity contribution in [1.82, 2.24) is 10.3 Å². The second-order valence-corrected chi connectivity index (χ2v) is 4.72. The summed E-state index contributed by atoms with van der Waals surface area (Å²) in [6, 6.07) is 3.76. The first-order chi connectivity index (χ1) is 8.05. The zero-order valence-electron chi connectivity index (χ0n) is 10.7. The van der Waals surface area contributed by atoms with Crippen molar-refractivity contribution in [2.45, 2.75) is 38.7 Å². The number of pyridine rings is 1. The molecule has 0 aliphatic carbocycles. The van der Waals surface area contributed by atoms with Crippen molar-refractivity contribution >= 4 is 5.82 Å². The molecule has 1 unspecified atom stereocenters. The molecule has 0 radical (unpaired) electrons. The predicted octanol–water partition coefficient (Wildman–Crippen LogP) is 1.35. The standard InChI is InChI=1S/C13H23N3O/c1-3-7-15-9-6-13(2,17)10-11-5-4-8-16-12(11)14/h4-5,8,15,17H,3,6-7,9-10H2,1-2H3,(H2,14,16). The molecular formula is C13H23N3O.